The lowest BCUT2D eigenvalue weighted by molar-refractivity contribution is -0.359. The predicted octanol–water partition coefficient (Wildman–Crippen LogP) is 9.11. The van der Waals surface area contributed by atoms with Gasteiger partial charge in [-0.1, -0.05) is 231 Å². The minimum atomic E-state index is -1.78. The number of rotatable bonds is 46. The minimum absolute atomic E-state index is 0.236. The lowest BCUT2D eigenvalue weighted by Gasteiger charge is -2.46. The second kappa shape index (κ2) is 43.0. The molecule has 1 amide bonds. The van der Waals surface area contributed by atoms with Crippen LogP contribution in [0, 0.1) is 0 Å². The standard InChI is InChI=1S/C56H107NO13/c1-3-5-7-9-11-13-15-16-17-18-19-20-21-22-23-24-25-26-27-28-30-32-34-36-38-40-48(61)57-44(45(60)39-37-35-33-31-29-14-12-10-8-6-4-2)43-67-55-53(66)51(64)54(47(42-59)69-55)70-56-52(65)50(63)49(62)46(41-58)68-56/h37,39,44-47,49-56,58-60,62-66H,3-36,38,40-43H2,1-2H3,(H,57,61)/b39-37+/t44-,45+,46+,47+,49-,50?,51?,52?,53?,54+,55+,56-/m0/s1. The Bertz CT molecular complexity index is 1230. The van der Waals surface area contributed by atoms with E-state index in [4.69, 9.17) is 18.9 Å². The second-order valence-electron chi connectivity index (χ2n) is 20.8. The minimum Gasteiger partial charge on any atom is -0.394 e. The molecule has 2 saturated heterocycles. The highest BCUT2D eigenvalue weighted by Crippen LogP contribution is 2.30. The van der Waals surface area contributed by atoms with E-state index in [-0.39, 0.29) is 18.9 Å². The fourth-order valence-corrected chi connectivity index (χ4v) is 9.76. The molecule has 2 aliphatic rings. The first-order valence-corrected chi connectivity index (χ1v) is 28.9. The molecule has 0 saturated carbocycles. The fraction of sp³-hybridized carbons (Fsp3) is 0.946. The van der Waals surface area contributed by atoms with E-state index >= 15 is 0 Å². The molecule has 9 N–H and O–H groups in total. The number of aliphatic hydroxyl groups is 8. The van der Waals surface area contributed by atoms with Gasteiger partial charge in [-0.25, -0.2) is 0 Å². The van der Waals surface area contributed by atoms with Crippen molar-refractivity contribution in [2.45, 2.75) is 319 Å². The smallest absolute Gasteiger partial charge is 0.220 e. The molecule has 4 unspecified atom stereocenters. The van der Waals surface area contributed by atoms with Gasteiger partial charge < -0.3 is 65.1 Å². The van der Waals surface area contributed by atoms with Crippen LogP contribution in [0.25, 0.3) is 0 Å². The van der Waals surface area contributed by atoms with Gasteiger partial charge >= 0.3 is 0 Å². The molecule has 14 heteroatoms. The van der Waals surface area contributed by atoms with Crippen molar-refractivity contribution in [3.8, 4) is 0 Å². The van der Waals surface area contributed by atoms with Gasteiger partial charge in [0, 0.05) is 6.42 Å². The summed E-state index contributed by atoms with van der Waals surface area (Å²) in [7, 11) is 0. The molecular formula is C56H107NO13. The SMILES string of the molecule is CCCCCCCCCCC/C=C/[C@@H](O)[C@H](CO[C@@H]1O[C@H](CO)[C@@H](O[C@@H]2O[C@H](CO)[C@H](O)C(O)C2O)C(O)C1O)NC(=O)CCCCCCCCCCCCCCCCCCCCCCCCCCC. The molecule has 70 heavy (non-hydrogen) atoms. The molecule has 0 bridgehead atoms. The maximum Gasteiger partial charge on any atom is 0.220 e. The Morgan fingerprint density at radius 1 is 0.500 bits per heavy atom. The summed E-state index contributed by atoms with van der Waals surface area (Å²) < 4.78 is 22.7. The topological polar surface area (TPSA) is 228 Å². The average molecular weight is 1000 g/mol. The molecule has 2 fully saturated rings. The van der Waals surface area contributed by atoms with E-state index in [1.807, 2.05) is 6.08 Å². The molecule has 0 aromatic carbocycles. The van der Waals surface area contributed by atoms with E-state index in [1.165, 1.54) is 180 Å². The molecule has 0 aromatic rings. The molecule has 2 aliphatic heterocycles. The molecule has 414 valence electrons. The maximum absolute atomic E-state index is 13.2. The summed E-state index contributed by atoms with van der Waals surface area (Å²) in [6.07, 6.45) is 31.3. The van der Waals surface area contributed by atoms with Gasteiger partial charge in [0.1, 0.15) is 48.8 Å². The van der Waals surface area contributed by atoms with Crippen LogP contribution in [0.2, 0.25) is 0 Å². The highest BCUT2D eigenvalue weighted by atomic mass is 16.7. The van der Waals surface area contributed by atoms with Crippen molar-refractivity contribution in [3.63, 3.8) is 0 Å². The average Bonchev–Trinajstić information content (AvgIpc) is 3.36. The van der Waals surface area contributed by atoms with Gasteiger partial charge in [-0.15, -0.1) is 0 Å². The van der Waals surface area contributed by atoms with E-state index in [2.05, 4.69) is 19.2 Å². The van der Waals surface area contributed by atoms with Crippen molar-refractivity contribution in [2.24, 2.45) is 0 Å². The van der Waals surface area contributed by atoms with Crippen LogP contribution in [0.5, 0.6) is 0 Å². The number of hydrogen-bond acceptors (Lipinski definition) is 13. The van der Waals surface area contributed by atoms with E-state index in [0.29, 0.717) is 6.42 Å². The first-order chi connectivity index (χ1) is 34.1. The lowest BCUT2D eigenvalue weighted by atomic mass is 9.97. The molecule has 2 heterocycles. The molecule has 0 aliphatic carbocycles. The highest BCUT2D eigenvalue weighted by molar-refractivity contribution is 5.76. The van der Waals surface area contributed by atoms with Crippen LogP contribution >= 0.6 is 0 Å². The van der Waals surface area contributed by atoms with Gasteiger partial charge in [-0.05, 0) is 19.3 Å². The van der Waals surface area contributed by atoms with Crippen molar-refractivity contribution in [1.29, 1.82) is 0 Å². The normalized spacial score (nSPS) is 26.0. The Hall–Kier alpha value is -1.27. The number of unbranched alkanes of at least 4 members (excludes halogenated alkanes) is 33. The third-order valence-corrected chi connectivity index (χ3v) is 14.5. The van der Waals surface area contributed by atoms with Crippen LogP contribution in [0.15, 0.2) is 12.2 Å². The van der Waals surface area contributed by atoms with Gasteiger partial charge in [-0.3, -0.25) is 4.79 Å². The zero-order valence-electron chi connectivity index (χ0n) is 44.3. The zero-order valence-corrected chi connectivity index (χ0v) is 44.3. The number of hydrogen-bond donors (Lipinski definition) is 9. The summed E-state index contributed by atoms with van der Waals surface area (Å²) in [6.45, 7) is 2.80. The molecule has 2 rings (SSSR count). The zero-order chi connectivity index (χ0) is 51.0. The predicted molar refractivity (Wildman–Crippen MR) is 277 cm³/mol. The number of ether oxygens (including phenoxy) is 4. The lowest BCUT2D eigenvalue weighted by Crippen LogP contribution is -2.65. The summed E-state index contributed by atoms with van der Waals surface area (Å²) in [5.41, 5.74) is 0. The third kappa shape index (κ3) is 29.0. The Kier molecular flexibility index (Phi) is 39.9. The number of carbonyl (C=O) groups is 1. The molecule has 0 spiro atoms. The summed E-state index contributed by atoms with van der Waals surface area (Å²) in [6, 6.07) is -0.908. The number of allylic oxidation sites excluding steroid dienone is 1. The highest BCUT2D eigenvalue weighted by Gasteiger charge is 2.51. The van der Waals surface area contributed by atoms with Gasteiger partial charge in [0.2, 0.25) is 5.91 Å². The first kappa shape index (κ1) is 64.8. The van der Waals surface area contributed by atoms with Crippen LogP contribution in [0.4, 0.5) is 0 Å². The Morgan fingerprint density at radius 2 is 0.886 bits per heavy atom. The molecule has 0 aromatic heterocycles. The molecular weight excluding hydrogens is 895 g/mol. The van der Waals surface area contributed by atoms with Crippen molar-refractivity contribution >= 4 is 5.91 Å². The quantitative estimate of drug-likeness (QED) is 0.0205. The van der Waals surface area contributed by atoms with Crippen molar-refractivity contribution in [2.75, 3.05) is 19.8 Å². The number of aliphatic hydroxyl groups excluding tert-OH is 8. The summed E-state index contributed by atoms with van der Waals surface area (Å²) in [5.74, 6) is -0.236. The number of carbonyl (C=O) groups excluding carboxylic acids is 1. The Morgan fingerprint density at radius 3 is 1.31 bits per heavy atom. The van der Waals surface area contributed by atoms with Crippen molar-refractivity contribution in [1.82, 2.24) is 5.32 Å². The second-order valence-corrected chi connectivity index (χ2v) is 20.8. The van der Waals surface area contributed by atoms with Crippen LogP contribution in [-0.4, -0.2) is 140 Å². The van der Waals surface area contributed by atoms with Crippen LogP contribution in [0.3, 0.4) is 0 Å². The molecule has 14 nitrogen and oxygen atoms in total. The van der Waals surface area contributed by atoms with Crippen LogP contribution < -0.4 is 5.32 Å². The van der Waals surface area contributed by atoms with Crippen LogP contribution in [-0.2, 0) is 23.7 Å². The van der Waals surface area contributed by atoms with Gasteiger partial charge in [-0.2, -0.15) is 0 Å². The van der Waals surface area contributed by atoms with Crippen molar-refractivity contribution in [3.05, 3.63) is 12.2 Å². The van der Waals surface area contributed by atoms with Gasteiger partial charge in [0.15, 0.2) is 12.6 Å². The Labute approximate surface area is 425 Å². The van der Waals surface area contributed by atoms with Crippen molar-refractivity contribution < 1.29 is 64.6 Å². The van der Waals surface area contributed by atoms with E-state index < -0.39 is 86.8 Å². The molecule has 0 radical (unpaired) electrons. The van der Waals surface area contributed by atoms with Gasteiger partial charge in [0.05, 0.1) is 32.0 Å². The monoisotopic (exact) mass is 1000 g/mol. The number of nitrogens with one attached hydrogen (secondary N) is 1. The number of amides is 1. The summed E-state index contributed by atoms with van der Waals surface area (Å²) >= 11 is 0. The van der Waals surface area contributed by atoms with Crippen LogP contribution in [0.1, 0.15) is 245 Å². The van der Waals surface area contributed by atoms with E-state index in [1.54, 1.807) is 6.08 Å². The first-order valence-electron chi connectivity index (χ1n) is 28.9. The van der Waals surface area contributed by atoms with E-state index in [9.17, 15) is 45.6 Å². The van der Waals surface area contributed by atoms with Gasteiger partial charge in [0.25, 0.3) is 0 Å². The fourth-order valence-electron chi connectivity index (χ4n) is 9.76. The molecule has 12 atom stereocenters. The van der Waals surface area contributed by atoms with E-state index in [0.717, 1.165) is 38.5 Å². The summed E-state index contributed by atoms with van der Waals surface area (Å²) in [4.78, 5) is 13.2. The third-order valence-electron chi connectivity index (χ3n) is 14.5. The largest absolute Gasteiger partial charge is 0.394 e. The maximum atomic E-state index is 13.2. The summed E-state index contributed by atoms with van der Waals surface area (Å²) in [5, 5.41) is 86.8. The Balaban J connectivity index is 1.70.